The summed E-state index contributed by atoms with van der Waals surface area (Å²) in [5.41, 5.74) is 6.12. The third-order valence-corrected chi connectivity index (χ3v) is 8.26. The summed E-state index contributed by atoms with van der Waals surface area (Å²) >= 11 is 0. The van der Waals surface area contributed by atoms with E-state index in [1.54, 1.807) is 36.4 Å². The van der Waals surface area contributed by atoms with E-state index in [9.17, 15) is 13.2 Å². The van der Waals surface area contributed by atoms with Crippen molar-refractivity contribution in [3.63, 3.8) is 0 Å². The van der Waals surface area contributed by atoms with Crippen LogP contribution in [0.5, 0.6) is 0 Å². The fourth-order valence-corrected chi connectivity index (χ4v) is 6.13. The number of fused-ring (bicyclic) bond motifs is 1. The molecule has 0 bridgehead atoms. The van der Waals surface area contributed by atoms with E-state index in [1.807, 2.05) is 32.9 Å². The number of amides is 1. The first-order valence-electron chi connectivity index (χ1n) is 11.8. The largest absolute Gasteiger partial charge is 0.348 e. The molecule has 1 unspecified atom stereocenters. The van der Waals surface area contributed by atoms with Crippen LogP contribution in [0.25, 0.3) is 0 Å². The molecule has 1 N–H and O–H groups in total. The van der Waals surface area contributed by atoms with Gasteiger partial charge in [-0.2, -0.15) is 0 Å². The lowest BCUT2D eigenvalue weighted by Gasteiger charge is -2.27. The van der Waals surface area contributed by atoms with Crippen molar-refractivity contribution >= 4 is 21.6 Å². The van der Waals surface area contributed by atoms with Crippen molar-refractivity contribution in [3.05, 3.63) is 94.5 Å². The highest BCUT2D eigenvalue weighted by atomic mass is 32.2. The van der Waals surface area contributed by atoms with Crippen LogP contribution in [-0.4, -0.2) is 20.9 Å². The second kappa shape index (κ2) is 10.0. The van der Waals surface area contributed by atoms with Crippen LogP contribution < -0.4 is 9.62 Å². The van der Waals surface area contributed by atoms with Gasteiger partial charge in [0, 0.05) is 0 Å². The van der Waals surface area contributed by atoms with Gasteiger partial charge >= 0.3 is 0 Å². The van der Waals surface area contributed by atoms with Crippen LogP contribution in [0.1, 0.15) is 53.6 Å². The maximum atomic E-state index is 13.6. The van der Waals surface area contributed by atoms with Crippen molar-refractivity contribution in [2.75, 3.05) is 10.8 Å². The van der Waals surface area contributed by atoms with Crippen LogP contribution in [0.3, 0.4) is 0 Å². The minimum absolute atomic E-state index is 0.158. The van der Waals surface area contributed by atoms with Crippen molar-refractivity contribution in [1.82, 2.24) is 5.32 Å². The van der Waals surface area contributed by atoms with Gasteiger partial charge in [-0.3, -0.25) is 9.10 Å². The maximum absolute atomic E-state index is 13.6. The molecule has 0 saturated carbocycles. The summed E-state index contributed by atoms with van der Waals surface area (Å²) in [4.78, 5) is 13.3. The van der Waals surface area contributed by atoms with Crippen LogP contribution >= 0.6 is 0 Å². The van der Waals surface area contributed by atoms with Crippen molar-refractivity contribution < 1.29 is 13.2 Å². The molecule has 0 saturated heterocycles. The summed E-state index contributed by atoms with van der Waals surface area (Å²) in [6, 6.07) is 20.0. The van der Waals surface area contributed by atoms with E-state index >= 15 is 0 Å². The lowest BCUT2D eigenvalue weighted by atomic mass is 9.89. The topological polar surface area (TPSA) is 66.5 Å². The molecule has 3 aromatic carbocycles. The summed E-state index contributed by atoms with van der Waals surface area (Å²) in [6.07, 6.45) is 4.60. The number of aryl methyl sites for hydroxylation is 4. The SMILES string of the molecule is Cc1ccc(N(CC(=O)NC(C)c2ccc3c(c2)CCCC3)S(=O)(=O)c2ccccc2)c(C)c1. The molecule has 178 valence electrons. The molecule has 1 atom stereocenters. The van der Waals surface area contributed by atoms with Crippen molar-refractivity contribution in [3.8, 4) is 0 Å². The van der Waals surface area contributed by atoms with Crippen LogP contribution in [0.15, 0.2) is 71.6 Å². The Hall–Kier alpha value is -3.12. The highest BCUT2D eigenvalue weighted by molar-refractivity contribution is 7.92. The first kappa shape index (κ1) is 24.0. The zero-order valence-corrected chi connectivity index (χ0v) is 20.9. The first-order chi connectivity index (χ1) is 16.3. The van der Waals surface area contributed by atoms with Gasteiger partial charge in [0.25, 0.3) is 10.0 Å². The molecule has 1 aliphatic carbocycles. The lowest BCUT2D eigenvalue weighted by molar-refractivity contribution is -0.120. The van der Waals surface area contributed by atoms with Gasteiger partial charge in [-0.25, -0.2) is 8.42 Å². The van der Waals surface area contributed by atoms with Crippen molar-refractivity contribution in [1.29, 1.82) is 0 Å². The highest BCUT2D eigenvalue weighted by Crippen LogP contribution is 2.28. The molecule has 34 heavy (non-hydrogen) atoms. The number of benzene rings is 3. The molecular weight excluding hydrogens is 444 g/mol. The van der Waals surface area contributed by atoms with Crippen LogP contribution in [0, 0.1) is 13.8 Å². The van der Waals surface area contributed by atoms with E-state index in [0.717, 1.165) is 29.5 Å². The summed E-state index contributed by atoms with van der Waals surface area (Å²) < 4.78 is 28.3. The van der Waals surface area contributed by atoms with E-state index in [2.05, 4.69) is 23.5 Å². The molecule has 0 aliphatic heterocycles. The third-order valence-electron chi connectivity index (χ3n) is 6.49. The van der Waals surface area contributed by atoms with Gasteiger partial charge in [0.2, 0.25) is 5.91 Å². The van der Waals surface area contributed by atoms with E-state index in [1.165, 1.54) is 28.3 Å². The van der Waals surface area contributed by atoms with Crippen LogP contribution in [-0.2, 0) is 27.7 Å². The molecule has 5 nitrogen and oxygen atoms in total. The molecule has 4 rings (SSSR count). The Labute approximate surface area is 202 Å². The normalized spacial score (nSPS) is 14.2. The number of carbonyl (C=O) groups excluding carboxylic acids is 1. The van der Waals surface area contributed by atoms with Gasteiger partial charge in [0.15, 0.2) is 0 Å². The number of carbonyl (C=O) groups is 1. The smallest absolute Gasteiger partial charge is 0.264 e. The highest BCUT2D eigenvalue weighted by Gasteiger charge is 2.28. The van der Waals surface area contributed by atoms with E-state index in [-0.39, 0.29) is 23.4 Å². The summed E-state index contributed by atoms with van der Waals surface area (Å²) in [5.74, 6) is -0.343. The lowest BCUT2D eigenvalue weighted by Crippen LogP contribution is -2.42. The number of hydrogen-bond acceptors (Lipinski definition) is 3. The number of nitrogens with zero attached hydrogens (tertiary/aromatic N) is 1. The Balaban J connectivity index is 1.59. The van der Waals surface area contributed by atoms with Gasteiger partial charge in [-0.05, 0) is 86.9 Å². The van der Waals surface area contributed by atoms with Crippen molar-refractivity contribution in [2.45, 2.75) is 57.4 Å². The van der Waals surface area contributed by atoms with Gasteiger partial charge in [0.1, 0.15) is 6.54 Å². The molecular formula is C28H32N2O3S. The quantitative estimate of drug-likeness (QED) is 0.506. The number of anilines is 1. The molecule has 0 spiro atoms. The van der Waals surface area contributed by atoms with E-state index in [4.69, 9.17) is 0 Å². The second-order valence-corrected chi connectivity index (χ2v) is 11.0. The van der Waals surface area contributed by atoms with Gasteiger partial charge < -0.3 is 5.32 Å². The van der Waals surface area contributed by atoms with Gasteiger partial charge in [-0.1, -0.05) is 54.1 Å². The Morgan fingerprint density at radius 2 is 1.65 bits per heavy atom. The fraction of sp³-hybridized carbons (Fsp3) is 0.321. The number of sulfonamides is 1. The fourth-order valence-electron chi connectivity index (χ4n) is 4.63. The molecule has 0 heterocycles. The van der Waals surface area contributed by atoms with Crippen LogP contribution in [0.2, 0.25) is 0 Å². The predicted molar refractivity (Wildman–Crippen MR) is 137 cm³/mol. The summed E-state index contributed by atoms with van der Waals surface area (Å²) in [5, 5.41) is 3.01. The number of hydrogen-bond donors (Lipinski definition) is 1. The third kappa shape index (κ3) is 5.17. The number of rotatable bonds is 7. The Kier molecular flexibility index (Phi) is 7.08. The van der Waals surface area contributed by atoms with Gasteiger partial charge in [0.05, 0.1) is 16.6 Å². The standard InChI is InChI=1S/C28H32N2O3S/c1-20-13-16-27(21(2)17-20)30(34(32,33)26-11-5-4-6-12-26)19-28(31)29-22(3)24-15-14-23-9-7-8-10-25(23)18-24/h4-6,11-18,22H,7-10,19H2,1-3H3,(H,29,31). The minimum Gasteiger partial charge on any atom is -0.348 e. The Morgan fingerprint density at radius 1 is 0.941 bits per heavy atom. The molecule has 3 aromatic rings. The Morgan fingerprint density at radius 3 is 2.35 bits per heavy atom. The Bertz CT molecular complexity index is 1290. The average Bonchev–Trinajstić information content (AvgIpc) is 2.83. The minimum atomic E-state index is -3.92. The summed E-state index contributed by atoms with van der Waals surface area (Å²) in [6.45, 7) is 5.47. The second-order valence-electron chi connectivity index (χ2n) is 9.14. The van der Waals surface area contributed by atoms with Crippen molar-refractivity contribution in [2.24, 2.45) is 0 Å². The van der Waals surface area contributed by atoms with E-state index in [0.29, 0.717) is 5.69 Å². The zero-order valence-electron chi connectivity index (χ0n) is 20.0. The van der Waals surface area contributed by atoms with Gasteiger partial charge in [-0.15, -0.1) is 0 Å². The number of nitrogens with one attached hydrogen (secondary N) is 1. The average molecular weight is 477 g/mol. The summed E-state index contributed by atoms with van der Waals surface area (Å²) in [7, 11) is -3.92. The first-order valence-corrected chi connectivity index (χ1v) is 13.3. The molecule has 0 fully saturated rings. The van der Waals surface area contributed by atoms with Crippen LogP contribution in [0.4, 0.5) is 5.69 Å². The molecule has 6 heteroatoms. The molecule has 0 aromatic heterocycles. The predicted octanol–water partition coefficient (Wildman–Crippen LogP) is 5.25. The molecule has 0 radical (unpaired) electrons. The maximum Gasteiger partial charge on any atom is 0.264 e. The zero-order chi connectivity index (χ0) is 24.3. The monoisotopic (exact) mass is 476 g/mol. The van der Waals surface area contributed by atoms with E-state index < -0.39 is 10.0 Å². The molecule has 1 aliphatic rings. The molecule has 1 amide bonds.